The maximum Gasteiger partial charge on any atom is 0.176 e. The summed E-state index contributed by atoms with van der Waals surface area (Å²) in [6.07, 6.45) is 0. The maximum absolute atomic E-state index is 4.84. The second-order valence-electron chi connectivity index (χ2n) is 2.06. The lowest BCUT2D eigenvalue weighted by molar-refractivity contribution is 0.173. The fourth-order valence-corrected chi connectivity index (χ4v) is 0.730. The Morgan fingerprint density at radius 1 is 1.27 bits per heavy atom. The van der Waals surface area contributed by atoms with E-state index in [-0.39, 0.29) is 0 Å². The number of nitrogens with one attached hydrogen (secondary N) is 1. The van der Waals surface area contributed by atoms with Gasteiger partial charge in [0.2, 0.25) is 0 Å². The van der Waals surface area contributed by atoms with Crippen molar-refractivity contribution < 1.29 is 9.47 Å². The van der Waals surface area contributed by atoms with Crippen molar-refractivity contribution in [3.8, 4) is 0 Å². The van der Waals surface area contributed by atoms with Gasteiger partial charge in [-0.05, 0) is 0 Å². The van der Waals surface area contributed by atoms with Crippen LogP contribution in [-0.2, 0) is 22.7 Å². The third-order valence-corrected chi connectivity index (χ3v) is 1.13. The first-order chi connectivity index (χ1) is 5.36. The third kappa shape index (κ3) is 2.28. The van der Waals surface area contributed by atoms with Crippen LogP contribution in [0.3, 0.4) is 0 Å². The number of hydrogen-bond donors (Lipinski definition) is 1. The predicted molar refractivity (Wildman–Crippen MR) is 37.8 cm³/mol. The first kappa shape index (κ1) is 8.16. The first-order valence-corrected chi connectivity index (χ1v) is 3.25. The SMILES string of the molecule is COCc1n[nH]c(COC)n1. The topological polar surface area (TPSA) is 60.0 Å². The summed E-state index contributed by atoms with van der Waals surface area (Å²) in [5, 5.41) is 6.61. The van der Waals surface area contributed by atoms with Crippen molar-refractivity contribution in [3.05, 3.63) is 11.6 Å². The number of aromatic amines is 1. The number of H-pyrrole nitrogens is 1. The highest BCUT2D eigenvalue weighted by molar-refractivity contribution is 4.86. The minimum absolute atomic E-state index is 0.431. The molecule has 0 amide bonds. The molecule has 0 aromatic carbocycles. The fraction of sp³-hybridized carbons (Fsp3) is 0.667. The van der Waals surface area contributed by atoms with Gasteiger partial charge in [-0.15, -0.1) is 0 Å². The lowest BCUT2D eigenvalue weighted by atomic mass is 10.6. The van der Waals surface area contributed by atoms with Crippen LogP contribution in [0.2, 0.25) is 0 Å². The Balaban J connectivity index is 2.51. The highest BCUT2D eigenvalue weighted by Crippen LogP contribution is 1.94. The molecule has 11 heavy (non-hydrogen) atoms. The summed E-state index contributed by atoms with van der Waals surface area (Å²) in [4.78, 5) is 4.07. The van der Waals surface area contributed by atoms with E-state index in [1.807, 2.05) is 0 Å². The van der Waals surface area contributed by atoms with Gasteiger partial charge in [0.05, 0.1) is 0 Å². The van der Waals surface area contributed by atoms with Gasteiger partial charge < -0.3 is 9.47 Å². The summed E-state index contributed by atoms with van der Waals surface area (Å²) in [5.74, 6) is 1.37. The smallest absolute Gasteiger partial charge is 0.176 e. The average molecular weight is 157 g/mol. The Morgan fingerprint density at radius 3 is 2.64 bits per heavy atom. The van der Waals surface area contributed by atoms with Crippen molar-refractivity contribution >= 4 is 0 Å². The number of ether oxygens (including phenoxy) is 2. The number of aromatic nitrogens is 3. The molecule has 0 bridgehead atoms. The van der Waals surface area contributed by atoms with E-state index < -0.39 is 0 Å². The molecule has 0 radical (unpaired) electrons. The Kier molecular flexibility index (Phi) is 3.00. The molecule has 0 atom stereocenters. The van der Waals surface area contributed by atoms with Gasteiger partial charge in [-0.3, -0.25) is 5.10 Å². The van der Waals surface area contributed by atoms with Crippen LogP contribution in [0.4, 0.5) is 0 Å². The summed E-state index contributed by atoms with van der Waals surface area (Å²) < 4.78 is 9.68. The standard InChI is InChI=1S/C6H11N3O2/c1-10-3-5-7-6(4-11-2)9-8-5/h3-4H2,1-2H3,(H,7,8,9). The molecule has 0 saturated carbocycles. The highest BCUT2D eigenvalue weighted by Gasteiger charge is 2.00. The Hall–Kier alpha value is -0.940. The molecule has 5 heteroatoms. The minimum Gasteiger partial charge on any atom is -0.377 e. The number of nitrogens with zero attached hydrogens (tertiary/aromatic N) is 2. The van der Waals surface area contributed by atoms with E-state index in [4.69, 9.17) is 9.47 Å². The van der Waals surface area contributed by atoms with Crippen molar-refractivity contribution in [2.75, 3.05) is 14.2 Å². The molecule has 1 rings (SSSR count). The lowest BCUT2D eigenvalue weighted by Crippen LogP contribution is -1.91. The molecular weight excluding hydrogens is 146 g/mol. The second kappa shape index (κ2) is 4.05. The molecule has 0 aliphatic heterocycles. The Morgan fingerprint density at radius 2 is 2.00 bits per heavy atom. The van der Waals surface area contributed by atoms with Crippen LogP contribution in [0.1, 0.15) is 11.6 Å². The van der Waals surface area contributed by atoms with Crippen LogP contribution < -0.4 is 0 Å². The van der Waals surface area contributed by atoms with Crippen molar-refractivity contribution in [1.82, 2.24) is 15.2 Å². The van der Waals surface area contributed by atoms with Gasteiger partial charge in [0.15, 0.2) is 11.6 Å². The van der Waals surface area contributed by atoms with Gasteiger partial charge >= 0.3 is 0 Å². The van der Waals surface area contributed by atoms with Gasteiger partial charge in [-0.2, -0.15) is 5.10 Å². The van der Waals surface area contributed by atoms with Crippen LogP contribution in [-0.4, -0.2) is 29.4 Å². The summed E-state index contributed by atoms with van der Waals surface area (Å²) in [5.41, 5.74) is 0. The third-order valence-electron chi connectivity index (χ3n) is 1.13. The van der Waals surface area contributed by atoms with E-state index in [1.54, 1.807) is 14.2 Å². The molecule has 1 aromatic heterocycles. The molecule has 1 N–H and O–H groups in total. The van der Waals surface area contributed by atoms with E-state index in [0.717, 1.165) is 5.82 Å². The molecule has 0 spiro atoms. The van der Waals surface area contributed by atoms with Crippen LogP contribution in [0.15, 0.2) is 0 Å². The lowest BCUT2D eigenvalue weighted by Gasteiger charge is -1.89. The van der Waals surface area contributed by atoms with Gasteiger partial charge in [-0.25, -0.2) is 4.98 Å². The summed E-state index contributed by atoms with van der Waals surface area (Å²) in [7, 11) is 3.21. The largest absolute Gasteiger partial charge is 0.377 e. The Labute approximate surface area is 64.7 Å². The minimum atomic E-state index is 0.431. The monoisotopic (exact) mass is 157 g/mol. The zero-order valence-corrected chi connectivity index (χ0v) is 6.63. The molecule has 0 unspecified atom stereocenters. The van der Waals surface area contributed by atoms with Crippen LogP contribution in [0.25, 0.3) is 0 Å². The molecular formula is C6H11N3O2. The molecule has 0 saturated heterocycles. The number of methoxy groups -OCH3 is 2. The molecule has 5 nitrogen and oxygen atoms in total. The van der Waals surface area contributed by atoms with E-state index in [2.05, 4.69) is 15.2 Å². The molecule has 0 fully saturated rings. The normalized spacial score (nSPS) is 10.4. The van der Waals surface area contributed by atoms with E-state index in [1.165, 1.54) is 0 Å². The summed E-state index contributed by atoms with van der Waals surface area (Å²) >= 11 is 0. The fourth-order valence-electron chi connectivity index (χ4n) is 0.730. The predicted octanol–water partition coefficient (Wildman–Crippen LogP) is 0.0975. The second-order valence-corrected chi connectivity index (χ2v) is 2.06. The van der Waals surface area contributed by atoms with E-state index in [9.17, 15) is 0 Å². The number of hydrogen-bond acceptors (Lipinski definition) is 4. The molecule has 62 valence electrons. The van der Waals surface area contributed by atoms with E-state index >= 15 is 0 Å². The summed E-state index contributed by atoms with van der Waals surface area (Å²) in [6.45, 7) is 0.886. The van der Waals surface area contributed by atoms with Crippen LogP contribution >= 0.6 is 0 Å². The zero-order chi connectivity index (χ0) is 8.10. The van der Waals surface area contributed by atoms with Crippen LogP contribution in [0.5, 0.6) is 0 Å². The van der Waals surface area contributed by atoms with Crippen molar-refractivity contribution in [3.63, 3.8) is 0 Å². The quantitative estimate of drug-likeness (QED) is 0.673. The number of rotatable bonds is 4. The summed E-state index contributed by atoms with van der Waals surface area (Å²) in [6, 6.07) is 0. The molecule has 1 heterocycles. The highest BCUT2D eigenvalue weighted by atomic mass is 16.5. The zero-order valence-electron chi connectivity index (χ0n) is 6.63. The van der Waals surface area contributed by atoms with Crippen molar-refractivity contribution in [2.45, 2.75) is 13.2 Å². The Bertz CT molecular complexity index is 191. The van der Waals surface area contributed by atoms with E-state index in [0.29, 0.717) is 19.0 Å². The maximum atomic E-state index is 4.84. The van der Waals surface area contributed by atoms with Crippen LogP contribution in [0, 0.1) is 0 Å². The van der Waals surface area contributed by atoms with Gasteiger partial charge in [0.25, 0.3) is 0 Å². The van der Waals surface area contributed by atoms with Gasteiger partial charge in [0.1, 0.15) is 13.2 Å². The molecule has 0 aliphatic carbocycles. The molecule has 1 aromatic rings. The van der Waals surface area contributed by atoms with Gasteiger partial charge in [-0.1, -0.05) is 0 Å². The average Bonchev–Trinajstić information content (AvgIpc) is 2.38. The van der Waals surface area contributed by atoms with Crippen molar-refractivity contribution in [2.24, 2.45) is 0 Å². The van der Waals surface area contributed by atoms with Crippen molar-refractivity contribution in [1.29, 1.82) is 0 Å². The first-order valence-electron chi connectivity index (χ1n) is 3.25. The molecule has 0 aliphatic rings. The van der Waals surface area contributed by atoms with Gasteiger partial charge in [0, 0.05) is 14.2 Å².